The summed E-state index contributed by atoms with van der Waals surface area (Å²) in [5.41, 5.74) is 1.16. The van der Waals surface area contributed by atoms with Gasteiger partial charge in [-0.25, -0.2) is 9.38 Å². The smallest absolute Gasteiger partial charge is 0.241 e. The second kappa shape index (κ2) is 11.0. The molecule has 2 saturated heterocycles. The van der Waals surface area contributed by atoms with E-state index in [1.807, 2.05) is 4.90 Å². The summed E-state index contributed by atoms with van der Waals surface area (Å²) in [6.45, 7) is 4.94. The monoisotopic (exact) mass is 442 g/mol. The minimum absolute atomic E-state index is 0.0184. The lowest BCUT2D eigenvalue weighted by atomic mass is 10.1. The Labute approximate surface area is 185 Å². The molecular weight excluding hydrogens is 415 g/mol. The highest BCUT2D eigenvalue weighted by Gasteiger charge is 2.25. The molecule has 0 aliphatic carbocycles. The molecule has 10 heteroatoms. The first kappa shape index (κ1) is 22.1. The van der Waals surface area contributed by atoms with Crippen LogP contribution in [-0.4, -0.2) is 84.4 Å². The van der Waals surface area contributed by atoms with E-state index in [1.54, 1.807) is 43.0 Å². The van der Waals surface area contributed by atoms with Crippen molar-refractivity contribution in [1.82, 2.24) is 25.1 Å². The molecule has 4 rings (SSSR count). The van der Waals surface area contributed by atoms with Crippen LogP contribution in [0.3, 0.4) is 0 Å². The zero-order valence-corrected chi connectivity index (χ0v) is 17.7. The van der Waals surface area contributed by atoms with E-state index in [2.05, 4.69) is 25.2 Å². The van der Waals surface area contributed by atoms with Crippen LogP contribution in [0.2, 0.25) is 0 Å². The lowest BCUT2D eigenvalue weighted by Crippen LogP contribution is -2.52. The number of carbonyl (C=O) groups excluding carboxylic acids is 1. The van der Waals surface area contributed by atoms with E-state index in [0.717, 1.165) is 19.6 Å². The SMILES string of the molecule is O=C(CN/C=C(/N=c1/cncc[nH]1)c1ccccc1F)N1CCN(CC2OCCO2)CC1. The second-order valence-electron chi connectivity index (χ2n) is 7.48. The summed E-state index contributed by atoms with van der Waals surface area (Å²) in [6, 6.07) is 6.37. The van der Waals surface area contributed by atoms with Gasteiger partial charge in [0.1, 0.15) is 11.3 Å². The fourth-order valence-electron chi connectivity index (χ4n) is 3.60. The van der Waals surface area contributed by atoms with Gasteiger partial charge in [-0.15, -0.1) is 0 Å². The predicted molar refractivity (Wildman–Crippen MR) is 115 cm³/mol. The van der Waals surface area contributed by atoms with Crippen LogP contribution in [-0.2, 0) is 14.3 Å². The molecule has 0 saturated carbocycles. The van der Waals surface area contributed by atoms with Crippen molar-refractivity contribution in [2.24, 2.45) is 4.99 Å². The van der Waals surface area contributed by atoms with Gasteiger partial charge in [0.05, 0.1) is 31.7 Å². The molecule has 9 nitrogen and oxygen atoms in total. The molecule has 0 unspecified atom stereocenters. The maximum Gasteiger partial charge on any atom is 0.241 e. The van der Waals surface area contributed by atoms with E-state index in [1.165, 1.54) is 6.07 Å². The topological polar surface area (TPSA) is 95.1 Å². The molecule has 3 heterocycles. The summed E-state index contributed by atoms with van der Waals surface area (Å²) in [6.07, 6.45) is 6.17. The van der Waals surface area contributed by atoms with Gasteiger partial charge in [-0.1, -0.05) is 12.1 Å². The molecule has 170 valence electrons. The van der Waals surface area contributed by atoms with Crippen LogP contribution >= 0.6 is 0 Å². The number of ether oxygens (including phenoxy) is 2. The number of hydrogen-bond donors (Lipinski definition) is 2. The highest BCUT2D eigenvalue weighted by atomic mass is 19.1. The van der Waals surface area contributed by atoms with Gasteiger partial charge in [-0.2, -0.15) is 0 Å². The Balaban J connectivity index is 1.35. The number of hydrogen-bond acceptors (Lipinski definition) is 7. The van der Waals surface area contributed by atoms with Crippen molar-refractivity contribution in [3.8, 4) is 0 Å². The van der Waals surface area contributed by atoms with Crippen molar-refractivity contribution in [2.45, 2.75) is 6.29 Å². The molecule has 2 aliphatic heterocycles. The third kappa shape index (κ3) is 6.00. The first-order chi connectivity index (χ1) is 15.7. The zero-order chi connectivity index (χ0) is 22.2. The van der Waals surface area contributed by atoms with E-state index in [9.17, 15) is 9.18 Å². The first-order valence-corrected chi connectivity index (χ1v) is 10.6. The fourth-order valence-corrected chi connectivity index (χ4v) is 3.60. The molecule has 2 aromatic rings. The minimum atomic E-state index is -0.397. The fraction of sp³-hybridized carbons (Fsp3) is 0.409. The van der Waals surface area contributed by atoms with E-state index in [4.69, 9.17) is 9.47 Å². The molecule has 2 fully saturated rings. The summed E-state index contributed by atoms with van der Waals surface area (Å²) < 4.78 is 25.3. The number of nitrogens with one attached hydrogen (secondary N) is 2. The Bertz CT molecular complexity index is 979. The highest BCUT2D eigenvalue weighted by molar-refractivity contribution is 5.79. The van der Waals surface area contributed by atoms with E-state index in [0.29, 0.717) is 43.1 Å². The van der Waals surface area contributed by atoms with E-state index < -0.39 is 5.82 Å². The van der Waals surface area contributed by atoms with Gasteiger partial charge < -0.3 is 24.7 Å². The first-order valence-electron chi connectivity index (χ1n) is 10.6. The van der Waals surface area contributed by atoms with Crippen LogP contribution in [0, 0.1) is 5.82 Å². The number of nitrogens with zero attached hydrogens (tertiary/aromatic N) is 4. The van der Waals surface area contributed by atoms with Crippen molar-refractivity contribution in [3.63, 3.8) is 0 Å². The zero-order valence-electron chi connectivity index (χ0n) is 17.7. The van der Waals surface area contributed by atoms with Crippen LogP contribution in [0.5, 0.6) is 0 Å². The van der Waals surface area contributed by atoms with Crippen molar-refractivity contribution in [2.75, 3.05) is 52.5 Å². The van der Waals surface area contributed by atoms with Gasteiger partial charge in [0.15, 0.2) is 6.29 Å². The Morgan fingerprint density at radius 1 is 1.25 bits per heavy atom. The number of aromatic amines is 1. The van der Waals surface area contributed by atoms with Crippen molar-refractivity contribution in [1.29, 1.82) is 0 Å². The largest absolute Gasteiger partial charge is 0.380 e. The molecule has 1 aromatic carbocycles. The number of H-pyrrole nitrogens is 1. The highest BCUT2D eigenvalue weighted by Crippen LogP contribution is 2.18. The van der Waals surface area contributed by atoms with Gasteiger partial charge in [-0.3, -0.25) is 14.7 Å². The molecule has 2 aliphatic rings. The summed E-state index contributed by atoms with van der Waals surface area (Å²) in [5, 5.41) is 3.00. The van der Waals surface area contributed by atoms with Crippen LogP contribution in [0.15, 0.2) is 54.0 Å². The normalized spacial score (nSPS) is 18.8. The summed E-state index contributed by atoms with van der Waals surface area (Å²) in [4.78, 5) is 28.1. The summed E-state index contributed by atoms with van der Waals surface area (Å²) in [5.74, 6) is -0.416. The average molecular weight is 442 g/mol. The standard InChI is InChI=1S/C22H27FN6O3/c23-18-4-2-1-3-17(18)19(27-20-14-24-5-6-26-20)13-25-15-21(30)29-9-7-28(8-10-29)16-22-31-11-12-32-22/h1-6,13-14,22,25H,7-12,15-16H2,(H,26,27)/b19-13+. The number of halogens is 1. The van der Waals surface area contributed by atoms with Crippen molar-refractivity contribution >= 4 is 11.6 Å². The third-order valence-electron chi connectivity index (χ3n) is 5.29. The van der Waals surface area contributed by atoms with E-state index in [-0.39, 0.29) is 18.7 Å². The van der Waals surface area contributed by atoms with Crippen LogP contribution in [0.25, 0.3) is 5.70 Å². The van der Waals surface area contributed by atoms with Gasteiger partial charge in [0.25, 0.3) is 0 Å². The molecule has 0 spiro atoms. The lowest BCUT2D eigenvalue weighted by Gasteiger charge is -2.35. The second-order valence-corrected chi connectivity index (χ2v) is 7.48. The van der Waals surface area contributed by atoms with Gasteiger partial charge in [-0.05, 0) is 12.1 Å². The maximum absolute atomic E-state index is 14.3. The minimum Gasteiger partial charge on any atom is -0.380 e. The molecule has 0 radical (unpaired) electrons. The summed E-state index contributed by atoms with van der Waals surface area (Å²) in [7, 11) is 0. The molecule has 32 heavy (non-hydrogen) atoms. The van der Waals surface area contributed by atoms with Gasteiger partial charge >= 0.3 is 0 Å². The Morgan fingerprint density at radius 3 is 2.75 bits per heavy atom. The van der Waals surface area contributed by atoms with E-state index >= 15 is 0 Å². The Morgan fingerprint density at radius 2 is 2.03 bits per heavy atom. The Hall–Kier alpha value is -3.08. The number of carbonyl (C=O) groups is 1. The maximum atomic E-state index is 14.3. The van der Waals surface area contributed by atoms with Gasteiger partial charge in [0, 0.05) is 56.9 Å². The molecule has 0 atom stereocenters. The number of rotatable bonds is 7. The van der Waals surface area contributed by atoms with Crippen LogP contribution in [0.1, 0.15) is 5.56 Å². The third-order valence-corrected chi connectivity index (χ3v) is 5.29. The Kier molecular flexibility index (Phi) is 7.59. The quantitative estimate of drug-likeness (QED) is 0.651. The number of aromatic nitrogens is 2. The molecule has 0 bridgehead atoms. The molecule has 1 aromatic heterocycles. The van der Waals surface area contributed by atoms with Crippen LogP contribution < -0.4 is 10.8 Å². The average Bonchev–Trinajstić information content (AvgIpc) is 3.33. The number of benzene rings is 1. The van der Waals surface area contributed by atoms with Crippen molar-refractivity contribution in [3.05, 3.63) is 65.9 Å². The van der Waals surface area contributed by atoms with Gasteiger partial charge in [0.2, 0.25) is 5.91 Å². The molecular formula is C22H27FN6O3. The summed E-state index contributed by atoms with van der Waals surface area (Å²) >= 11 is 0. The molecule has 2 N–H and O–H groups in total. The number of amides is 1. The van der Waals surface area contributed by atoms with Crippen LogP contribution in [0.4, 0.5) is 4.39 Å². The molecule has 1 amide bonds. The predicted octanol–water partition coefficient (Wildman–Crippen LogP) is 0.555. The van der Waals surface area contributed by atoms with Crippen molar-refractivity contribution < 1.29 is 18.7 Å². The lowest BCUT2D eigenvalue weighted by molar-refractivity contribution is -0.132. The number of piperazine rings is 1.